The van der Waals surface area contributed by atoms with E-state index in [4.69, 9.17) is 13.9 Å². The highest BCUT2D eigenvalue weighted by Gasteiger charge is 2.61. The second-order valence-corrected chi connectivity index (χ2v) is 11.0. The molecule has 7 rings (SSSR count). The number of para-hydroxylation sites is 1. The number of hydrogen-bond acceptors (Lipinski definition) is 6. The van der Waals surface area contributed by atoms with E-state index < -0.39 is 11.3 Å². The van der Waals surface area contributed by atoms with Crippen molar-refractivity contribution in [2.24, 2.45) is 17.3 Å². The van der Waals surface area contributed by atoms with Gasteiger partial charge in [0.15, 0.2) is 6.61 Å². The maximum Gasteiger partial charge on any atom is 0.312 e. The van der Waals surface area contributed by atoms with Gasteiger partial charge in [-0.1, -0.05) is 18.2 Å². The molecule has 4 aliphatic rings. The average molecular weight is 491 g/mol. The van der Waals surface area contributed by atoms with Gasteiger partial charge in [-0.25, -0.2) is 0 Å². The zero-order valence-corrected chi connectivity index (χ0v) is 20.5. The molecule has 2 N–H and O–H groups in total. The number of fused-ring (bicyclic) bond motifs is 3. The van der Waals surface area contributed by atoms with Crippen molar-refractivity contribution in [3.8, 4) is 5.75 Å². The largest absolute Gasteiger partial charge is 0.495 e. The SMILES string of the molecule is COc1cc2c(cc1NC(=O)COC(=O)C13C[C@H]4C[C@@H](CC(NC(C)=O)(C4)C1)C3)oc1ccccc12. The molecule has 1 aromatic heterocycles. The minimum atomic E-state index is -0.627. The number of nitrogens with one attached hydrogen (secondary N) is 2. The van der Waals surface area contributed by atoms with E-state index in [-0.39, 0.29) is 24.0 Å². The van der Waals surface area contributed by atoms with E-state index in [1.165, 1.54) is 14.0 Å². The van der Waals surface area contributed by atoms with Crippen LogP contribution < -0.4 is 15.4 Å². The van der Waals surface area contributed by atoms with Crippen LogP contribution in [0.1, 0.15) is 45.4 Å². The number of carbonyl (C=O) groups excluding carboxylic acids is 3. The Morgan fingerprint density at radius 2 is 1.78 bits per heavy atom. The van der Waals surface area contributed by atoms with E-state index in [1.54, 1.807) is 6.07 Å². The molecule has 8 heteroatoms. The van der Waals surface area contributed by atoms with Crippen molar-refractivity contribution >= 4 is 45.4 Å². The molecule has 0 saturated heterocycles. The van der Waals surface area contributed by atoms with Gasteiger partial charge in [0.2, 0.25) is 5.91 Å². The highest BCUT2D eigenvalue weighted by molar-refractivity contribution is 6.08. The normalized spacial score (nSPS) is 28.3. The van der Waals surface area contributed by atoms with E-state index >= 15 is 0 Å². The molecule has 0 radical (unpaired) electrons. The summed E-state index contributed by atoms with van der Waals surface area (Å²) in [5, 5.41) is 7.81. The lowest BCUT2D eigenvalue weighted by Gasteiger charge is -2.60. The van der Waals surface area contributed by atoms with Gasteiger partial charge in [-0.2, -0.15) is 0 Å². The molecule has 3 aromatic rings. The molecule has 1 heterocycles. The number of ether oxygens (including phenoxy) is 2. The molecule has 36 heavy (non-hydrogen) atoms. The van der Waals surface area contributed by atoms with Crippen molar-refractivity contribution < 1.29 is 28.3 Å². The molecule has 2 amide bonds. The van der Waals surface area contributed by atoms with Crippen LogP contribution >= 0.6 is 0 Å². The van der Waals surface area contributed by atoms with E-state index in [2.05, 4.69) is 10.6 Å². The van der Waals surface area contributed by atoms with Crippen molar-refractivity contribution in [1.82, 2.24) is 5.32 Å². The summed E-state index contributed by atoms with van der Waals surface area (Å²) in [6.07, 6.45) is 5.06. The van der Waals surface area contributed by atoms with Crippen LogP contribution in [-0.2, 0) is 19.1 Å². The van der Waals surface area contributed by atoms with Gasteiger partial charge in [0.25, 0.3) is 5.91 Å². The highest BCUT2D eigenvalue weighted by atomic mass is 16.5. The third kappa shape index (κ3) is 3.79. The van der Waals surface area contributed by atoms with Gasteiger partial charge in [0.05, 0.1) is 18.2 Å². The van der Waals surface area contributed by atoms with Gasteiger partial charge < -0.3 is 24.5 Å². The molecule has 4 fully saturated rings. The molecule has 4 saturated carbocycles. The van der Waals surface area contributed by atoms with Crippen molar-refractivity contribution in [2.75, 3.05) is 19.0 Å². The number of benzene rings is 2. The van der Waals surface area contributed by atoms with Crippen LogP contribution in [0.4, 0.5) is 5.69 Å². The maximum absolute atomic E-state index is 13.3. The first-order valence-corrected chi connectivity index (χ1v) is 12.5. The molecule has 4 bridgehead atoms. The van der Waals surface area contributed by atoms with Crippen molar-refractivity contribution in [2.45, 2.75) is 51.0 Å². The van der Waals surface area contributed by atoms with Gasteiger partial charge in [-0.15, -0.1) is 0 Å². The van der Waals surface area contributed by atoms with Crippen LogP contribution in [0.5, 0.6) is 5.75 Å². The van der Waals surface area contributed by atoms with Gasteiger partial charge in [0, 0.05) is 29.3 Å². The second kappa shape index (κ2) is 8.25. The molecule has 0 unspecified atom stereocenters. The number of rotatable bonds is 6. The first kappa shape index (κ1) is 22.9. The Labute approximate surface area is 208 Å². The Kier molecular flexibility index (Phi) is 5.24. The predicted octanol–water partition coefficient (Wildman–Crippen LogP) is 4.55. The van der Waals surface area contributed by atoms with Gasteiger partial charge in [-0.3, -0.25) is 14.4 Å². The van der Waals surface area contributed by atoms with Gasteiger partial charge in [0.1, 0.15) is 16.9 Å². The first-order valence-electron chi connectivity index (χ1n) is 12.5. The van der Waals surface area contributed by atoms with E-state index in [0.29, 0.717) is 35.3 Å². The lowest BCUT2D eigenvalue weighted by molar-refractivity contribution is -0.176. The van der Waals surface area contributed by atoms with Crippen LogP contribution in [0.25, 0.3) is 21.9 Å². The number of esters is 1. The molecule has 0 spiro atoms. The number of anilines is 1. The third-order valence-corrected chi connectivity index (χ3v) is 8.24. The molecule has 0 aliphatic heterocycles. The standard InChI is InChI=1S/C28H30N2O6/c1-16(31)30-28-12-17-7-18(13-28)11-27(10-17,15-28)26(33)35-14-25(32)29-21-9-23-20(8-24(21)34-2)19-5-3-4-6-22(19)36-23/h3-6,8-9,17-18H,7,10-15H2,1-2H3,(H,29,32)(H,30,31)/t17-,18-,27?,28?/m1/s1. The Balaban J connectivity index is 1.16. The van der Waals surface area contributed by atoms with Gasteiger partial charge >= 0.3 is 5.97 Å². The zero-order valence-electron chi connectivity index (χ0n) is 20.5. The highest BCUT2D eigenvalue weighted by Crippen LogP contribution is 2.62. The minimum Gasteiger partial charge on any atom is -0.495 e. The fourth-order valence-electron chi connectivity index (χ4n) is 7.51. The number of carbonyl (C=O) groups is 3. The van der Waals surface area contributed by atoms with Crippen LogP contribution in [0, 0.1) is 17.3 Å². The number of methoxy groups -OCH3 is 1. The number of hydrogen-bond donors (Lipinski definition) is 2. The lowest BCUT2D eigenvalue weighted by Crippen LogP contribution is -2.64. The van der Waals surface area contributed by atoms with Gasteiger partial charge in [-0.05, 0) is 62.5 Å². The average Bonchev–Trinajstić information content (AvgIpc) is 3.17. The molecule has 188 valence electrons. The fourth-order valence-corrected chi connectivity index (χ4v) is 7.51. The molecular weight excluding hydrogens is 460 g/mol. The smallest absolute Gasteiger partial charge is 0.312 e. The van der Waals surface area contributed by atoms with E-state index in [0.717, 1.165) is 48.5 Å². The summed E-state index contributed by atoms with van der Waals surface area (Å²) in [7, 11) is 1.54. The van der Waals surface area contributed by atoms with E-state index in [9.17, 15) is 14.4 Å². The quantitative estimate of drug-likeness (QED) is 0.491. The first-order chi connectivity index (χ1) is 17.3. The van der Waals surface area contributed by atoms with Crippen molar-refractivity contribution in [3.63, 3.8) is 0 Å². The Morgan fingerprint density at radius 3 is 2.50 bits per heavy atom. The molecular formula is C28H30N2O6. The topological polar surface area (TPSA) is 107 Å². The number of amides is 2. The summed E-state index contributed by atoms with van der Waals surface area (Å²) in [5.41, 5.74) is 0.870. The summed E-state index contributed by atoms with van der Waals surface area (Å²) >= 11 is 0. The Bertz CT molecular complexity index is 1380. The second-order valence-electron chi connectivity index (χ2n) is 11.0. The summed E-state index contributed by atoms with van der Waals surface area (Å²) < 4.78 is 17.0. The van der Waals surface area contributed by atoms with Crippen molar-refractivity contribution in [3.05, 3.63) is 36.4 Å². The van der Waals surface area contributed by atoms with Crippen LogP contribution in [0.15, 0.2) is 40.8 Å². The summed E-state index contributed by atoms with van der Waals surface area (Å²) in [6, 6.07) is 11.3. The summed E-state index contributed by atoms with van der Waals surface area (Å²) in [5.74, 6) is 0.459. The Hall–Kier alpha value is -3.55. The van der Waals surface area contributed by atoms with Crippen LogP contribution in [0.2, 0.25) is 0 Å². The Morgan fingerprint density at radius 1 is 1.03 bits per heavy atom. The minimum absolute atomic E-state index is 0.0600. The third-order valence-electron chi connectivity index (χ3n) is 8.24. The summed E-state index contributed by atoms with van der Waals surface area (Å²) in [4.78, 5) is 38.0. The molecule has 2 atom stereocenters. The van der Waals surface area contributed by atoms with Crippen LogP contribution in [-0.4, -0.2) is 37.0 Å². The fraction of sp³-hybridized carbons (Fsp3) is 0.464. The monoisotopic (exact) mass is 490 g/mol. The molecule has 2 aromatic carbocycles. The molecule has 8 nitrogen and oxygen atoms in total. The number of furan rings is 1. The lowest BCUT2D eigenvalue weighted by atomic mass is 9.47. The molecule has 4 aliphatic carbocycles. The predicted molar refractivity (Wildman–Crippen MR) is 134 cm³/mol. The van der Waals surface area contributed by atoms with Crippen LogP contribution in [0.3, 0.4) is 0 Å². The summed E-state index contributed by atoms with van der Waals surface area (Å²) in [6.45, 7) is 1.15. The van der Waals surface area contributed by atoms with E-state index in [1.807, 2.05) is 30.3 Å². The maximum atomic E-state index is 13.3. The van der Waals surface area contributed by atoms with Crippen molar-refractivity contribution in [1.29, 1.82) is 0 Å². The zero-order chi connectivity index (χ0) is 25.1.